The van der Waals surface area contributed by atoms with Crippen LogP contribution in [0.1, 0.15) is 28.8 Å². The van der Waals surface area contributed by atoms with E-state index < -0.39 is 0 Å². The molecule has 3 rings (SSSR count). The molecule has 1 aromatic heterocycles. The van der Waals surface area contributed by atoms with Crippen LogP contribution in [0.3, 0.4) is 0 Å². The van der Waals surface area contributed by atoms with E-state index in [0.717, 1.165) is 33.2 Å². The summed E-state index contributed by atoms with van der Waals surface area (Å²) in [6, 6.07) is 15.4. The molecule has 0 saturated heterocycles. The number of thiazole rings is 1. The molecule has 0 aliphatic heterocycles. The van der Waals surface area contributed by atoms with E-state index in [1.54, 1.807) is 0 Å². The average Bonchev–Trinajstić information content (AvgIpc) is 2.91. The van der Waals surface area contributed by atoms with E-state index in [1.807, 2.05) is 48.5 Å². The number of halogens is 1. The lowest BCUT2D eigenvalue weighted by atomic mass is 10.0. The minimum absolute atomic E-state index is 0.0520. The summed E-state index contributed by atoms with van der Waals surface area (Å²) in [5, 5.41) is 10.4. The summed E-state index contributed by atoms with van der Waals surface area (Å²) in [6.07, 6.45) is 0.506. The lowest BCUT2D eigenvalue weighted by molar-refractivity contribution is 0.296. The molecule has 4 nitrogen and oxygen atoms in total. The molecule has 0 amide bonds. The van der Waals surface area contributed by atoms with Crippen molar-refractivity contribution in [2.24, 2.45) is 0 Å². The first-order chi connectivity index (χ1) is 12.0. The van der Waals surface area contributed by atoms with Gasteiger partial charge in [0.1, 0.15) is 5.75 Å². The number of hydrogen-bond donors (Lipinski definition) is 2. The van der Waals surface area contributed by atoms with Crippen LogP contribution in [0.2, 0.25) is 5.02 Å². The van der Waals surface area contributed by atoms with Crippen molar-refractivity contribution in [1.82, 2.24) is 4.98 Å². The fraction of sp³-hybridized carbons (Fsp3) is 0.211. The highest BCUT2D eigenvalue weighted by atomic mass is 35.5. The van der Waals surface area contributed by atoms with E-state index in [2.05, 4.69) is 11.9 Å². The van der Waals surface area contributed by atoms with Gasteiger partial charge in [-0.25, -0.2) is 0 Å². The van der Waals surface area contributed by atoms with Crippen molar-refractivity contribution < 1.29 is 9.84 Å². The summed E-state index contributed by atoms with van der Waals surface area (Å²) in [5.74, 6) is 0.903. The van der Waals surface area contributed by atoms with Crippen LogP contribution in [0.4, 0.5) is 0 Å². The SMILES string of the molecule is CC(COc1ccc(Cc2sc(=O)[nH]c2O)cc1)c1ccccc1Cl. The van der Waals surface area contributed by atoms with Crippen molar-refractivity contribution in [2.45, 2.75) is 19.3 Å². The quantitative estimate of drug-likeness (QED) is 0.663. The Hall–Kier alpha value is -2.24. The van der Waals surface area contributed by atoms with Gasteiger partial charge in [0.25, 0.3) is 0 Å². The Morgan fingerprint density at radius 1 is 1.20 bits per heavy atom. The second kappa shape index (κ2) is 7.76. The molecule has 1 unspecified atom stereocenters. The summed E-state index contributed by atoms with van der Waals surface area (Å²) >= 11 is 7.24. The van der Waals surface area contributed by atoms with E-state index in [0.29, 0.717) is 17.9 Å². The number of hydrogen-bond acceptors (Lipinski definition) is 4. The minimum Gasteiger partial charge on any atom is -0.494 e. The van der Waals surface area contributed by atoms with Gasteiger partial charge in [-0.2, -0.15) is 0 Å². The zero-order valence-electron chi connectivity index (χ0n) is 13.7. The summed E-state index contributed by atoms with van der Waals surface area (Å²) in [7, 11) is 0. The molecule has 1 heterocycles. The largest absolute Gasteiger partial charge is 0.494 e. The number of nitrogens with one attached hydrogen (secondary N) is 1. The highest BCUT2D eigenvalue weighted by molar-refractivity contribution is 7.09. The van der Waals surface area contributed by atoms with Crippen LogP contribution in [0.15, 0.2) is 53.3 Å². The van der Waals surface area contributed by atoms with Crippen molar-refractivity contribution in [3.8, 4) is 11.6 Å². The predicted molar refractivity (Wildman–Crippen MR) is 101 cm³/mol. The van der Waals surface area contributed by atoms with Crippen molar-refractivity contribution in [1.29, 1.82) is 0 Å². The predicted octanol–water partition coefficient (Wildman–Crippen LogP) is 4.57. The number of benzene rings is 2. The zero-order chi connectivity index (χ0) is 17.8. The van der Waals surface area contributed by atoms with Crippen LogP contribution in [0.5, 0.6) is 11.6 Å². The Kier molecular flexibility index (Phi) is 5.46. The number of aromatic nitrogens is 1. The molecule has 0 spiro atoms. The van der Waals surface area contributed by atoms with Gasteiger partial charge in [-0.05, 0) is 29.3 Å². The number of aromatic hydroxyl groups is 1. The molecular weight excluding hydrogens is 358 g/mol. The van der Waals surface area contributed by atoms with Crippen LogP contribution >= 0.6 is 22.9 Å². The monoisotopic (exact) mass is 375 g/mol. The normalized spacial score (nSPS) is 12.1. The molecule has 0 radical (unpaired) electrons. The van der Waals surface area contributed by atoms with Crippen LogP contribution in [0.25, 0.3) is 0 Å². The maximum atomic E-state index is 11.2. The Balaban J connectivity index is 1.60. The fourth-order valence-electron chi connectivity index (χ4n) is 2.55. The second-order valence-corrected chi connectivity index (χ2v) is 7.32. The molecule has 25 heavy (non-hydrogen) atoms. The average molecular weight is 376 g/mol. The van der Waals surface area contributed by atoms with Crippen LogP contribution in [-0.4, -0.2) is 16.7 Å². The number of rotatable bonds is 6. The van der Waals surface area contributed by atoms with Gasteiger partial charge in [0.2, 0.25) is 5.88 Å². The first kappa shape index (κ1) is 17.6. The lowest BCUT2D eigenvalue weighted by Gasteiger charge is -2.15. The first-order valence-corrected chi connectivity index (χ1v) is 9.09. The van der Waals surface area contributed by atoms with Gasteiger partial charge in [0.05, 0.1) is 11.5 Å². The maximum absolute atomic E-state index is 11.2. The third kappa shape index (κ3) is 4.44. The van der Waals surface area contributed by atoms with Gasteiger partial charge >= 0.3 is 4.87 Å². The lowest BCUT2D eigenvalue weighted by Crippen LogP contribution is -2.07. The summed E-state index contributed by atoms with van der Waals surface area (Å²) in [5.41, 5.74) is 2.07. The van der Waals surface area contributed by atoms with E-state index in [9.17, 15) is 9.90 Å². The van der Waals surface area contributed by atoms with E-state index in [-0.39, 0.29) is 16.7 Å². The fourth-order valence-corrected chi connectivity index (χ4v) is 3.63. The Morgan fingerprint density at radius 2 is 1.92 bits per heavy atom. The molecule has 130 valence electrons. The summed E-state index contributed by atoms with van der Waals surface area (Å²) in [4.78, 5) is 14.0. The molecule has 2 aromatic carbocycles. The van der Waals surface area contributed by atoms with Gasteiger partial charge in [-0.1, -0.05) is 60.2 Å². The maximum Gasteiger partial charge on any atom is 0.307 e. The molecule has 0 aliphatic carbocycles. The van der Waals surface area contributed by atoms with Gasteiger partial charge < -0.3 is 9.84 Å². The molecule has 3 aromatic rings. The van der Waals surface area contributed by atoms with Gasteiger partial charge in [-0.15, -0.1) is 0 Å². The third-order valence-corrected chi connectivity index (χ3v) is 5.14. The van der Waals surface area contributed by atoms with Gasteiger partial charge in [0.15, 0.2) is 0 Å². The molecule has 0 bridgehead atoms. The summed E-state index contributed by atoms with van der Waals surface area (Å²) < 4.78 is 5.85. The Labute approximate surface area is 154 Å². The number of aromatic amines is 1. The topological polar surface area (TPSA) is 62.3 Å². The Bertz CT molecular complexity index is 902. The van der Waals surface area contributed by atoms with Gasteiger partial charge in [0, 0.05) is 17.4 Å². The second-order valence-electron chi connectivity index (χ2n) is 5.84. The standard InChI is InChI=1S/C19H18ClNO3S/c1-12(15-4-2-3-5-16(15)20)11-24-14-8-6-13(7-9-14)10-17-18(22)21-19(23)25-17/h2-9,12,22H,10-11H2,1H3,(H,21,23). The first-order valence-electron chi connectivity index (χ1n) is 7.90. The number of ether oxygens (including phenoxy) is 1. The number of H-pyrrole nitrogens is 1. The Morgan fingerprint density at radius 3 is 2.56 bits per heavy atom. The molecule has 0 fully saturated rings. The van der Waals surface area contributed by atoms with E-state index in [1.165, 1.54) is 0 Å². The van der Waals surface area contributed by atoms with Crippen LogP contribution in [0, 0.1) is 0 Å². The van der Waals surface area contributed by atoms with Crippen molar-refractivity contribution in [3.05, 3.63) is 79.2 Å². The zero-order valence-corrected chi connectivity index (χ0v) is 15.2. The van der Waals surface area contributed by atoms with Crippen LogP contribution in [-0.2, 0) is 6.42 Å². The minimum atomic E-state index is -0.249. The molecule has 6 heteroatoms. The van der Waals surface area contributed by atoms with Crippen LogP contribution < -0.4 is 9.61 Å². The highest BCUT2D eigenvalue weighted by Gasteiger charge is 2.11. The van der Waals surface area contributed by atoms with E-state index >= 15 is 0 Å². The summed E-state index contributed by atoms with van der Waals surface area (Å²) in [6.45, 7) is 2.61. The van der Waals surface area contributed by atoms with Crippen molar-refractivity contribution in [2.75, 3.05) is 6.61 Å². The molecular formula is C19H18ClNO3S. The molecule has 0 aliphatic rings. The van der Waals surface area contributed by atoms with Crippen molar-refractivity contribution in [3.63, 3.8) is 0 Å². The smallest absolute Gasteiger partial charge is 0.307 e. The van der Waals surface area contributed by atoms with Crippen molar-refractivity contribution >= 4 is 22.9 Å². The van der Waals surface area contributed by atoms with Gasteiger partial charge in [-0.3, -0.25) is 9.78 Å². The van der Waals surface area contributed by atoms with E-state index in [4.69, 9.17) is 16.3 Å². The molecule has 1 atom stereocenters. The molecule has 0 saturated carbocycles. The third-order valence-electron chi connectivity index (χ3n) is 3.92. The highest BCUT2D eigenvalue weighted by Crippen LogP contribution is 2.26. The molecule has 2 N–H and O–H groups in total.